The third kappa shape index (κ3) is 16.0. The number of imidazole rings is 1. The van der Waals surface area contributed by atoms with Crippen molar-refractivity contribution in [2.75, 3.05) is 0 Å². The summed E-state index contributed by atoms with van der Waals surface area (Å²) < 4.78 is 1.93. The first kappa shape index (κ1) is 39.6. The van der Waals surface area contributed by atoms with Crippen LogP contribution in [0, 0.1) is 10.8 Å². The first-order valence-corrected chi connectivity index (χ1v) is 14.4. The molecule has 1 heterocycles. The van der Waals surface area contributed by atoms with Crippen molar-refractivity contribution >= 4 is 23.1 Å². The first-order valence-electron chi connectivity index (χ1n) is 14.4. The van der Waals surface area contributed by atoms with Gasteiger partial charge >= 0.3 is 0 Å². The third-order valence-electron chi connectivity index (χ3n) is 5.46. The Labute approximate surface area is 235 Å². The number of nitrogens with two attached hydrogens (primary N) is 1. The van der Waals surface area contributed by atoms with E-state index in [1.165, 1.54) is 25.5 Å². The van der Waals surface area contributed by atoms with Crippen LogP contribution in [-0.4, -0.2) is 21.5 Å². The van der Waals surface area contributed by atoms with E-state index in [2.05, 4.69) is 33.9 Å². The molecule has 1 aromatic heterocycles. The minimum absolute atomic E-state index is 0.502. The molecule has 4 N–H and O–H groups in total. The number of aryl methyl sites for hydroxylation is 1. The molecule has 0 spiro atoms. The molecule has 0 saturated carbocycles. The molecule has 5 heteroatoms. The summed E-state index contributed by atoms with van der Waals surface area (Å²) in [5, 5.41) is 15.7. The quantitative estimate of drug-likeness (QED) is 0.136. The summed E-state index contributed by atoms with van der Waals surface area (Å²) >= 11 is 0. The van der Waals surface area contributed by atoms with Gasteiger partial charge in [0.05, 0.1) is 5.69 Å². The summed E-state index contributed by atoms with van der Waals surface area (Å²) in [6, 6.07) is 0. The molecule has 0 aliphatic carbocycles. The van der Waals surface area contributed by atoms with Gasteiger partial charge in [0, 0.05) is 42.0 Å². The maximum atomic E-state index is 7.88. The molecule has 0 bridgehead atoms. The number of nitrogens with one attached hydrogen (secondary N) is 2. The Morgan fingerprint density at radius 2 is 1.47 bits per heavy atom. The molecule has 0 radical (unpaired) electrons. The van der Waals surface area contributed by atoms with E-state index < -0.39 is 0 Å². The highest BCUT2D eigenvalue weighted by Crippen LogP contribution is 2.27. The number of allylic oxidation sites excluding steroid dienone is 7. The number of aromatic nitrogens is 2. The summed E-state index contributed by atoms with van der Waals surface area (Å²) in [5.41, 5.74) is 11.8. The molecule has 5 nitrogen and oxygen atoms in total. The number of hydrogen-bond acceptors (Lipinski definition) is 4. The number of hydrogen-bond donors (Lipinski definition) is 3. The van der Waals surface area contributed by atoms with Gasteiger partial charge < -0.3 is 21.1 Å². The zero-order chi connectivity index (χ0) is 30.3. The number of unbranched alkanes of at least 4 members (excludes halogenated alkanes) is 4. The van der Waals surface area contributed by atoms with Crippen LogP contribution in [0.1, 0.15) is 126 Å². The Bertz CT molecular complexity index is 937. The summed E-state index contributed by atoms with van der Waals surface area (Å²) in [7, 11) is 1.93. The predicted molar refractivity (Wildman–Crippen MR) is 174 cm³/mol. The van der Waals surface area contributed by atoms with E-state index >= 15 is 0 Å². The highest BCUT2D eigenvalue weighted by atomic mass is 15.0. The lowest BCUT2D eigenvalue weighted by molar-refractivity contribution is 0.734. The molecule has 0 aliphatic heterocycles. The van der Waals surface area contributed by atoms with E-state index in [0.717, 1.165) is 48.1 Å². The van der Waals surface area contributed by atoms with Crippen LogP contribution in [0.15, 0.2) is 53.9 Å². The second-order valence-electron chi connectivity index (χ2n) is 8.80. The fourth-order valence-corrected chi connectivity index (χ4v) is 3.41. The number of nitrogens with zero attached hydrogens (tertiary/aromatic N) is 2. The molecular weight excluding hydrogens is 466 g/mol. The van der Waals surface area contributed by atoms with Crippen LogP contribution in [0.3, 0.4) is 0 Å². The maximum Gasteiger partial charge on any atom is 0.140 e. The highest BCUT2D eigenvalue weighted by Gasteiger charge is 2.15. The van der Waals surface area contributed by atoms with Gasteiger partial charge in [-0.2, -0.15) is 0 Å². The van der Waals surface area contributed by atoms with Crippen molar-refractivity contribution < 1.29 is 0 Å². The van der Waals surface area contributed by atoms with Gasteiger partial charge in [-0.15, -0.1) is 0 Å². The molecule has 1 aromatic rings. The zero-order valence-corrected chi connectivity index (χ0v) is 26.6. The largest absolute Gasteiger partial charge is 0.399 e. The van der Waals surface area contributed by atoms with Crippen molar-refractivity contribution in [1.29, 1.82) is 10.8 Å². The Balaban J connectivity index is -0.00000119. The third-order valence-corrected chi connectivity index (χ3v) is 5.46. The fraction of sp³-hybridized carbons (Fsp3) is 0.545. The Kier molecular flexibility index (Phi) is 25.4. The van der Waals surface area contributed by atoms with Crippen molar-refractivity contribution in [3.05, 3.63) is 65.4 Å². The summed E-state index contributed by atoms with van der Waals surface area (Å²) in [6.07, 6.45) is 15.4. The molecule has 0 aliphatic rings. The van der Waals surface area contributed by atoms with Gasteiger partial charge in [0.2, 0.25) is 0 Å². The van der Waals surface area contributed by atoms with Crippen molar-refractivity contribution in [3.63, 3.8) is 0 Å². The predicted octanol–water partition coefficient (Wildman–Crippen LogP) is 10.1. The van der Waals surface area contributed by atoms with E-state index in [4.69, 9.17) is 21.5 Å². The SMILES string of the molecule is C=C(N)/C(C)=C/C(C)=C(/C=N)C(=C)c1nc(/C(=C/C(C)=N)CCCCC)cn1C.CC.CC.CCCCC. The Hall–Kier alpha value is -2.95. The van der Waals surface area contributed by atoms with E-state index in [9.17, 15) is 0 Å². The molecule has 0 aromatic carbocycles. The van der Waals surface area contributed by atoms with Gasteiger partial charge in [-0.25, -0.2) is 4.98 Å². The standard InChI is InChI=1S/C24H35N5.C5H12.2C2H6/c1-8-9-10-11-21(13-18(4)26)23-15-29(7)24(28-23)19(5)22(14-25)17(3)12-16(2)20(6)27;1-3-5-4-2;2*1-2/h12-15,25-26H,5-6,8-11,27H2,1-4,7H3;3-5H2,1-2H3;2*1-2H3/b16-12+,21-13+,22-17-,25-14?,26-18?;;;. The minimum atomic E-state index is 0.502. The highest BCUT2D eigenvalue weighted by molar-refractivity contribution is 6.00. The summed E-state index contributed by atoms with van der Waals surface area (Å²) in [6.45, 7) is 28.2. The molecule has 0 amide bonds. The maximum absolute atomic E-state index is 7.88. The molecule has 0 fully saturated rings. The van der Waals surface area contributed by atoms with E-state index in [1.54, 1.807) is 6.92 Å². The molecule has 0 atom stereocenters. The van der Waals surface area contributed by atoms with E-state index in [0.29, 0.717) is 28.4 Å². The van der Waals surface area contributed by atoms with Gasteiger partial charge in [-0.3, -0.25) is 0 Å². The van der Waals surface area contributed by atoms with Gasteiger partial charge in [-0.05, 0) is 56.4 Å². The van der Waals surface area contributed by atoms with Crippen LogP contribution in [-0.2, 0) is 7.05 Å². The molecule has 216 valence electrons. The second-order valence-corrected chi connectivity index (χ2v) is 8.80. The topological polar surface area (TPSA) is 91.5 Å². The molecule has 38 heavy (non-hydrogen) atoms. The van der Waals surface area contributed by atoms with E-state index in [-0.39, 0.29) is 0 Å². The lowest BCUT2D eigenvalue weighted by Gasteiger charge is -2.10. The smallest absolute Gasteiger partial charge is 0.140 e. The molecule has 0 saturated heterocycles. The fourth-order valence-electron chi connectivity index (χ4n) is 3.41. The van der Waals surface area contributed by atoms with Crippen molar-refractivity contribution in [2.24, 2.45) is 12.8 Å². The lowest BCUT2D eigenvalue weighted by atomic mass is 10.00. The molecular formula is C33H59N5. The van der Waals surface area contributed by atoms with Gasteiger partial charge in [0.1, 0.15) is 5.82 Å². The Morgan fingerprint density at radius 1 is 0.947 bits per heavy atom. The van der Waals surface area contributed by atoms with Crippen LogP contribution in [0.25, 0.3) is 11.1 Å². The molecule has 1 rings (SSSR count). The van der Waals surface area contributed by atoms with Crippen LogP contribution in [0.2, 0.25) is 0 Å². The minimum Gasteiger partial charge on any atom is -0.399 e. The van der Waals surface area contributed by atoms with Gasteiger partial charge in [0.25, 0.3) is 0 Å². The van der Waals surface area contributed by atoms with Crippen molar-refractivity contribution in [1.82, 2.24) is 9.55 Å². The van der Waals surface area contributed by atoms with Crippen molar-refractivity contribution in [3.8, 4) is 0 Å². The Morgan fingerprint density at radius 3 is 1.87 bits per heavy atom. The van der Waals surface area contributed by atoms with Gasteiger partial charge in [0.15, 0.2) is 0 Å². The average Bonchev–Trinajstić information content (AvgIpc) is 3.28. The first-order chi connectivity index (χ1) is 18.0. The number of rotatable bonds is 13. The zero-order valence-electron chi connectivity index (χ0n) is 26.6. The molecule has 0 unspecified atom stereocenters. The van der Waals surface area contributed by atoms with Crippen LogP contribution < -0.4 is 5.73 Å². The summed E-state index contributed by atoms with van der Waals surface area (Å²) in [5.74, 6) is 0.708. The average molecular weight is 526 g/mol. The normalized spacial score (nSPS) is 11.4. The lowest BCUT2D eigenvalue weighted by Crippen LogP contribution is -2.01. The van der Waals surface area contributed by atoms with Gasteiger partial charge in [-0.1, -0.05) is 99.8 Å². The van der Waals surface area contributed by atoms with Crippen LogP contribution in [0.4, 0.5) is 0 Å². The monoisotopic (exact) mass is 525 g/mol. The summed E-state index contributed by atoms with van der Waals surface area (Å²) in [4.78, 5) is 4.81. The van der Waals surface area contributed by atoms with E-state index in [1.807, 2.05) is 71.5 Å². The van der Waals surface area contributed by atoms with Crippen LogP contribution >= 0.6 is 0 Å². The van der Waals surface area contributed by atoms with Crippen molar-refractivity contribution in [2.45, 2.75) is 114 Å². The second kappa shape index (κ2) is 24.4. The van der Waals surface area contributed by atoms with Crippen LogP contribution in [0.5, 0.6) is 0 Å².